The largest absolute Gasteiger partial charge is 0.256 e. The van der Waals surface area contributed by atoms with Gasteiger partial charge in [0, 0.05) is 17.1 Å². The second-order valence-corrected chi connectivity index (χ2v) is 4.11. The average molecular weight is 262 g/mol. The summed E-state index contributed by atoms with van der Waals surface area (Å²) in [4.78, 5) is 4.39. The Kier molecular flexibility index (Phi) is 3.17. The van der Waals surface area contributed by atoms with Crippen molar-refractivity contribution >= 4 is 15.9 Å². The summed E-state index contributed by atoms with van der Waals surface area (Å²) in [7, 11) is 0. The molecule has 0 unspecified atom stereocenters. The van der Waals surface area contributed by atoms with Gasteiger partial charge < -0.3 is 0 Å². The van der Waals surface area contributed by atoms with Crippen LogP contribution in [0.1, 0.15) is 11.1 Å². The van der Waals surface area contributed by atoms with Crippen molar-refractivity contribution in [2.24, 2.45) is 0 Å². The quantitative estimate of drug-likeness (QED) is 0.747. The summed E-state index contributed by atoms with van der Waals surface area (Å²) in [5, 5.41) is 0.897. The standard InChI is InChI=1S/C13H12BrN/c1-10-2-7-13(15-9-10)12-5-3-11(8-14)4-6-12/h2-7,9H,8H2,1H3. The number of pyridine rings is 1. The maximum atomic E-state index is 4.39. The molecule has 2 aromatic rings. The zero-order chi connectivity index (χ0) is 10.7. The van der Waals surface area contributed by atoms with Crippen LogP contribution in [0, 0.1) is 6.92 Å². The van der Waals surface area contributed by atoms with E-state index in [9.17, 15) is 0 Å². The summed E-state index contributed by atoms with van der Waals surface area (Å²) >= 11 is 3.43. The van der Waals surface area contributed by atoms with Crippen LogP contribution in [0.25, 0.3) is 11.3 Å². The molecule has 76 valence electrons. The first kappa shape index (κ1) is 10.4. The first-order valence-corrected chi connectivity index (χ1v) is 5.99. The van der Waals surface area contributed by atoms with E-state index in [4.69, 9.17) is 0 Å². The molecule has 0 saturated carbocycles. The first-order chi connectivity index (χ1) is 7.29. The van der Waals surface area contributed by atoms with E-state index in [-0.39, 0.29) is 0 Å². The molecule has 1 nitrogen and oxygen atoms in total. The van der Waals surface area contributed by atoms with E-state index in [1.165, 1.54) is 16.7 Å². The molecule has 2 rings (SSSR count). The summed E-state index contributed by atoms with van der Waals surface area (Å²) < 4.78 is 0. The summed E-state index contributed by atoms with van der Waals surface area (Å²) in [5.74, 6) is 0. The van der Waals surface area contributed by atoms with Gasteiger partial charge in [-0.15, -0.1) is 0 Å². The van der Waals surface area contributed by atoms with E-state index in [2.05, 4.69) is 57.3 Å². The van der Waals surface area contributed by atoms with Crippen molar-refractivity contribution in [2.45, 2.75) is 12.3 Å². The lowest BCUT2D eigenvalue weighted by Crippen LogP contribution is -1.84. The molecule has 0 N–H and O–H groups in total. The minimum atomic E-state index is 0.897. The molecule has 15 heavy (non-hydrogen) atoms. The Hall–Kier alpha value is -1.15. The normalized spacial score (nSPS) is 10.3. The Bertz CT molecular complexity index is 431. The SMILES string of the molecule is Cc1ccc(-c2ccc(CBr)cc2)nc1. The van der Waals surface area contributed by atoms with E-state index in [1.807, 2.05) is 13.1 Å². The van der Waals surface area contributed by atoms with Crippen LogP contribution in [-0.2, 0) is 5.33 Å². The predicted molar refractivity (Wildman–Crippen MR) is 67.0 cm³/mol. The summed E-state index contributed by atoms with van der Waals surface area (Å²) in [6, 6.07) is 12.6. The van der Waals surface area contributed by atoms with Gasteiger partial charge in [-0.1, -0.05) is 46.3 Å². The molecular formula is C13H12BrN. The number of hydrogen-bond donors (Lipinski definition) is 0. The highest BCUT2D eigenvalue weighted by atomic mass is 79.9. The molecule has 0 saturated heterocycles. The Morgan fingerprint density at radius 1 is 1.07 bits per heavy atom. The van der Waals surface area contributed by atoms with Crippen LogP contribution in [0.15, 0.2) is 42.6 Å². The summed E-state index contributed by atoms with van der Waals surface area (Å²) in [6.45, 7) is 2.05. The van der Waals surface area contributed by atoms with Gasteiger partial charge in [-0.3, -0.25) is 4.98 Å². The van der Waals surface area contributed by atoms with Crippen LogP contribution < -0.4 is 0 Å². The molecule has 1 aromatic carbocycles. The van der Waals surface area contributed by atoms with Gasteiger partial charge in [-0.05, 0) is 24.1 Å². The van der Waals surface area contributed by atoms with Crippen LogP contribution in [0.5, 0.6) is 0 Å². The van der Waals surface area contributed by atoms with Gasteiger partial charge in [0.2, 0.25) is 0 Å². The number of aryl methyl sites for hydroxylation is 1. The van der Waals surface area contributed by atoms with Crippen molar-refractivity contribution in [2.75, 3.05) is 0 Å². The van der Waals surface area contributed by atoms with E-state index >= 15 is 0 Å². The third-order valence-corrected chi connectivity index (χ3v) is 2.96. The van der Waals surface area contributed by atoms with Gasteiger partial charge in [0.05, 0.1) is 5.69 Å². The topological polar surface area (TPSA) is 12.9 Å². The lowest BCUT2D eigenvalue weighted by molar-refractivity contribution is 1.27. The summed E-state index contributed by atoms with van der Waals surface area (Å²) in [6.07, 6.45) is 1.90. The van der Waals surface area contributed by atoms with Crippen LogP contribution >= 0.6 is 15.9 Å². The molecule has 2 heteroatoms. The maximum absolute atomic E-state index is 4.39. The molecule has 0 bridgehead atoms. The number of halogens is 1. The lowest BCUT2D eigenvalue weighted by Gasteiger charge is -2.02. The molecule has 0 spiro atoms. The molecular weight excluding hydrogens is 250 g/mol. The van der Waals surface area contributed by atoms with Crippen molar-refractivity contribution < 1.29 is 0 Å². The van der Waals surface area contributed by atoms with E-state index in [0.29, 0.717) is 0 Å². The minimum absolute atomic E-state index is 0.897. The molecule has 0 aliphatic carbocycles. The highest BCUT2D eigenvalue weighted by Crippen LogP contribution is 2.18. The lowest BCUT2D eigenvalue weighted by atomic mass is 10.1. The molecule has 0 aliphatic heterocycles. The molecule has 1 heterocycles. The fourth-order valence-corrected chi connectivity index (χ4v) is 1.78. The van der Waals surface area contributed by atoms with Crippen molar-refractivity contribution in [1.29, 1.82) is 0 Å². The predicted octanol–water partition coefficient (Wildman–Crippen LogP) is 3.95. The second-order valence-electron chi connectivity index (χ2n) is 3.55. The monoisotopic (exact) mass is 261 g/mol. The first-order valence-electron chi connectivity index (χ1n) is 4.87. The maximum Gasteiger partial charge on any atom is 0.0702 e. The fraction of sp³-hybridized carbons (Fsp3) is 0.154. The molecule has 0 fully saturated rings. The van der Waals surface area contributed by atoms with Crippen LogP contribution in [0.3, 0.4) is 0 Å². The number of aromatic nitrogens is 1. The van der Waals surface area contributed by atoms with Gasteiger partial charge in [0.1, 0.15) is 0 Å². The number of rotatable bonds is 2. The van der Waals surface area contributed by atoms with Crippen molar-refractivity contribution in [3.8, 4) is 11.3 Å². The third kappa shape index (κ3) is 2.45. The number of nitrogens with zero attached hydrogens (tertiary/aromatic N) is 1. The number of alkyl halides is 1. The average Bonchev–Trinajstić information content (AvgIpc) is 2.30. The van der Waals surface area contributed by atoms with E-state index in [0.717, 1.165) is 11.0 Å². The summed E-state index contributed by atoms with van der Waals surface area (Å²) in [5.41, 5.74) is 4.67. The smallest absolute Gasteiger partial charge is 0.0702 e. The van der Waals surface area contributed by atoms with E-state index in [1.54, 1.807) is 0 Å². The van der Waals surface area contributed by atoms with Gasteiger partial charge >= 0.3 is 0 Å². The zero-order valence-corrected chi connectivity index (χ0v) is 10.2. The van der Waals surface area contributed by atoms with Crippen molar-refractivity contribution in [1.82, 2.24) is 4.98 Å². The van der Waals surface area contributed by atoms with Crippen LogP contribution in [-0.4, -0.2) is 4.98 Å². The molecule has 0 aliphatic rings. The number of benzene rings is 1. The highest BCUT2D eigenvalue weighted by molar-refractivity contribution is 9.08. The van der Waals surface area contributed by atoms with Gasteiger partial charge in [-0.25, -0.2) is 0 Å². The zero-order valence-electron chi connectivity index (χ0n) is 8.57. The molecule has 0 amide bonds. The number of hydrogen-bond acceptors (Lipinski definition) is 1. The molecule has 1 aromatic heterocycles. The van der Waals surface area contributed by atoms with Gasteiger partial charge in [-0.2, -0.15) is 0 Å². The molecule has 0 atom stereocenters. The Morgan fingerprint density at radius 3 is 2.33 bits per heavy atom. The van der Waals surface area contributed by atoms with Crippen LogP contribution in [0.2, 0.25) is 0 Å². The molecule has 0 radical (unpaired) electrons. The Balaban J connectivity index is 2.33. The van der Waals surface area contributed by atoms with Gasteiger partial charge in [0.15, 0.2) is 0 Å². The fourth-order valence-electron chi connectivity index (χ4n) is 1.40. The second kappa shape index (κ2) is 4.58. The van der Waals surface area contributed by atoms with Gasteiger partial charge in [0.25, 0.3) is 0 Å². The minimum Gasteiger partial charge on any atom is -0.256 e. The van der Waals surface area contributed by atoms with Crippen molar-refractivity contribution in [3.05, 3.63) is 53.7 Å². The van der Waals surface area contributed by atoms with Crippen molar-refractivity contribution in [3.63, 3.8) is 0 Å². The third-order valence-electron chi connectivity index (χ3n) is 2.32. The van der Waals surface area contributed by atoms with E-state index < -0.39 is 0 Å². The Labute approximate surface area is 98.3 Å². The highest BCUT2D eigenvalue weighted by Gasteiger charge is 1.98. The van der Waals surface area contributed by atoms with Crippen LogP contribution in [0.4, 0.5) is 0 Å². The Morgan fingerprint density at radius 2 is 1.80 bits per heavy atom.